The van der Waals surface area contributed by atoms with Gasteiger partial charge >= 0.3 is 0 Å². The maximum absolute atomic E-state index is 11.2. The van der Waals surface area contributed by atoms with E-state index in [4.69, 9.17) is 11.6 Å². The number of anilines is 1. The first-order valence-electron chi connectivity index (χ1n) is 5.45. The number of carbonyl (C=O) groups excluding carboxylic acids is 1. The summed E-state index contributed by atoms with van der Waals surface area (Å²) in [5.74, 6) is -1.18. The number of carboxylic acids is 1. The minimum absolute atomic E-state index is 0.565. The molecule has 0 saturated carbocycles. The summed E-state index contributed by atoms with van der Waals surface area (Å²) in [7, 11) is 0. The average Bonchev–Trinajstić information content (AvgIpc) is 2.38. The van der Waals surface area contributed by atoms with Crippen LogP contribution in [0.25, 0.3) is 0 Å². The normalized spacial score (nSPS) is 11.8. The fourth-order valence-corrected chi connectivity index (χ4v) is 1.76. The van der Waals surface area contributed by atoms with Crippen molar-refractivity contribution in [3.63, 3.8) is 0 Å². The third kappa shape index (κ3) is 3.02. The van der Waals surface area contributed by atoms with E-state index in [1.165, 1.54) is 0 Å². The Kier molecular flexibility index (Phi) is 3.85. The maximum atomic E-state index is 11.2. The average molecular weight is 261 g/mol. The number of aliphatic carboxylic acids is 1. The van der Waals surface area contributed by atoms with Crippen LogP contribution in [0.1, 0.15) is 11.6 Å². The Labute approximate surface area is 110 Å². The number of para-hydroxylation sites is 1. The van der Waals surface area contributed by atoms with Gasteiger partial charge in [-0.05, 0) is 29.8 Å². The van der Waals surface area contributed by atoms with Gasteiger partial charge in [0.1, 0.15) is 0 Å². The first kappa shape index (κ1) is 12.5. The maximum Gasteiger partial charge on any atom is 0.0912 e. The molecule has 0 aliphatic heterocycles. The number of halogens is 1. The number of carboxylic acid groups (broad SMARTS) is 1. The summed E-state index contributed by atoms with van der Waals surface area (Å²) >= 11 is 5.77. The summed E-state index contributed by atoms with van der Waals surface area (Å²) in [6.45, 7) is 0. The molecule has 92 valence electrons. The molecule has 18 heavy (non-hydrogen) atoms. The smallest absolute Gasteiger partial charge is 0.0912 e. The van der Waals surface area contributed by atoms with Gasteiger partial charge in [0, 0.05) is 10.7 Å². The molecule has 0 saturated heterocycles. The van der Waals surface area contributed by atoms with Gasteiger partial charge in [-0.2, -0.15) is 0 Å². The first-order valence-corrected chi connectivity index (χ1v) is 5.82. The minimum atomic E-state index is -1.18. The second-order valence-corrected chi connectivity index (χ2v) is 4.25. The molecule has 0 spiro atoms. The quantitative estimate of drug-likeness (QED) is 0.917. The number of hydrogen-bond acceptors (Lipinski definition) is 3. The van der Waals surface area contributed by atoms with E-state index in [2.05, 4.69) is 5.32 Å². The van der Waals surface area contributed by atoms with Crippen LogP contribution in [0.5, 0.6) is 0 Å². The molecule has 3 nitrogen and oxygen atoms in total. The first-order chi connectivity index (χ1) is 8.66. The number of nitrogens with one attached hydrogen (secondary N) is 1. The molecule has 0 fully saturated rings. The summed E-state index contributed by atoms with van der Waals surface area (Å²) in [6.07, 6.45) is 0. The van der Waals surface area contributed by atoms with Gasteiger partial charge in [-0.1, -0.05) is 41.9 Å². The van der Waals surface area contributed by atoms with Gasteiger partial charge in [-0.25, -0.2) is 0 Å². The molecule has 4 heteroatoms. The highest BCUT2D eigenvalue weighted by Gasteiger charge is 2.12. The third-order valence-corrected chi connectivity index (χ3v) is 2.78. The summed E-state index contributed by atoms with van der Waals surface area (Å²) in [5, 5.41) is 14.7. The van der Waals surface area contributed by atoms with Crippen molar-refractivity contribution >= 4 is 23.3 Å². The lowest BCUT2D eigenvalue weighted by molar-refractivity contribution is -0.307. The van der Waals surface area contributed by atoms with E-state index in [0.717, 1.165) is 5.69 Å². The Bertz CT molecular complexity index is 525. The minimum Gasteiger partial charge on any atom is -0.548 e. The predicted molar refractivity (Wildman–Crippen MR) is 69.3 cm³/mol. The molecule has 0 aromatic heterocycles. The van der Waals surface area contributed by atoms with Crippen molar-refractivity contribution in [3.8, 4) is 0 Å². The van der Waals surface area contributed by atoms with Crippen molar-refractivity contribution < 1.29 is 9.90 Å². The highest BCUT2D eigenvalue weighted by molar-refractivity contribution is 6.30. The van der Waals surface area contributed by atoms with Crippen LogP contribution < -0.4 is 10.4 Å². The molecule has 0 bridgehead atoms. The highest BCUT2D eigenvalue weighted by atomic mass is 35.5. The van der Waals surface area contributed by atoms with Crippen LogP contribution in [-0.2, 0) is 4.79 Å². The standard InChI is InChI=1S/C14H12ClNO2/c15-11-8-6-10(7-9-11)13(14(17)18)16-12-4-2-1-3-5-12/h1-9,13,16H,(H,17,18)/p-1/t13-/m0/s1. The van der Waals surface area contributed by atoms with Crippen LogP contribution in [0.2, 0.25) is 5.02 Å². The zero-order chi connectivity index (χ0) is 13.0. The molecule has 0 aliphatic carbocycles. The monoisotopic (exact) mass is 260 g/mol. The Morgan fingerprint density at radius 3 is 2.22 bits per heavy atom. The zero-order valence-electron chi connectivity index (χ0n) is 9.47. The van der Waals surface area contributed by atoms with Crippen LogP contribution >= 0.6 is 11.6 Å². The summed E-state index contributed by atoms with van der Waals surface area (Å²) in [6, 6.07) is 14.9. The van der Waals surface area contributed by atoms with E-state index < -0.39 is 12.0 Å². The van der Waals surface area contributed by atoms with Gasteiger partial charge < -0.3 is 15.2 Å². The zero-order valence-corrected chi connectivity index (χ0v) is 10.2. The molecule has 2 aromatic rings. The Balaban J connectivity index is 2.24. The van der Waals surface area contributed by atoms with Gasteiger partial charge in [0.25, 0.3) is 0 Å². The van der Waals surface area contributed by atoms with Crippen LogP contribution in [0.15, 0.2) is 54.6 Å². The van der Waals surface area contributed by atoms with E-state index in [0.29, 0.717) is 10.6 Å². The Hall–Kier alpha value is -2.00. The lowest BCUT2D eigenvalue weighted by atomic mass is 10.1. The molecular formula is C14H11ClNO2-. The van der Waals surface area contributed by atoms with E-state index in [-0.39, 0.29) is 0 Å². The van der Waals surface area contributed by atoms with Crippen LogP contribution in [0.4, 0.5) is 5.69 Å². The molecule has 0 amide bonds. The summed E-state index contributed by atoms with van der Waals surface area (Å²) in [4.78, 5) is 11.2. The molecule has 0 radical (unpaired) electrons. The van der Waals surface area contributed by atoms with E-state index in [9.17, 15) is 9.90 Å². The Morgan fingerprint density at radius 2 is 1.67 bits per heavy atom. The van der Waals surface area contributed by atoms with Crippen molar-refractivity contribution in [2.45, 2.75) is 6.04 Å². The van der Waals surface area contributed by atoms with Gasteiger partial charge in [0.05, 0.1) is 12.0 Å². The van der Waals surface area contributed by atoms with Crippen LogP contribution in [0, 0.1) is 0 Å². The molecule has 1 N–H and O–H groups in total. The number of hydrogen-bond donors (Lipinski definition) is 1. The topological polar surface area (TPSA) is 52.2 Å². The van der Waals surface area contributed by atoms with E-state index in [1.54, 1.807) is 36.4 Å². The van der Waals surface area contributed by atoms with Gasteiger partial charge in [0.15, 0.2) is 0 Å². The van der Waals surface area contributed by atoms with Crippen molar-refractivity contribution in [1.29, 1.82) is 0 Å². The fourth-order valence-electron chi connectivity index (χ4n) is 1.63. The number of rotatable bonds is 4. The molecular weight excluding hydrogens is 250 g/mol. The van der Waals surface area contributed by atoms with E-state index in [1.807, 2.05) is 18.2 Å². The molecule has 2 rings (SSSR count). The van der Waals surface area contributed by atoms with Crippen molar-refractivity contribution in [2.75, 3.05) is 5.32 Å². The molecule has 0 unspecified atom stereocenters. The van der Waals surface area contributed by atoms with Crippen LogP contribution in [-0.4, -0.2) is 5.97 Å². The number of benzene rings is 2. The fraction of sp³-hybridized carbons (Fsp3) is 0.0714. The van der Waals surface area contributed by atoms with Crippen LogP contribution in [0.3, 0.4) is 0 Å². The van der Waals surface area contributed by atoms with Crippen molar-refractivity contribution in [1.82, 2.24) is 0 Å². The molecule has 0 heterocycles. The van der Waals surface area contributed by atoms with Crippen molar-refractivity contribution in [2.24, 2.45) is 0 Å². The van der Waals surface area contributed by atoms with Crippen molar-refractivity contribution in [3.05, 3.63) is 65.2 Å². The SMILES string of the molecule is O=C([O-])[C@@H](Nc1ccccc1)c1ccc(Cl)cc1. The third-order valence-electron chi connectivity index (χ3n) is 2.52. The highest BCUT2D eigenvalue weighted by Crippen LogP contribution is 2.20. The molecule has 2 aromatic carbocycles. The largest absolute Gasteiger partial charge is 0.548 e. The van der Waals surface area contributed by atoms with Gasteiger partial charge in [-0.15, -0.1) is 0 Å². The summed E-state index contributed by atoms with van der Waals surface area (Å²) in [5.41, 5.74) is 1.32. The number of carbonyl (C=O) groups is 1. The second-order valence-electron chi connectivity index (χ2n) is 3.81. The lowest BCUT2D eigenvalue weighted by Gasteiger charge is -2.21. The predicted octanol–water partition coefficient (Wildman–Crippen LogP) is 2.24. The molecule has 0 aliphatic rings. The second kappa shape index (κ2) is 5.56. The van der Waals surface area contributed by atoms with E-state index >= 15 is 0 Å². The Morgan fingerprint density at radius 1 is 1.06 bits per heavy atom. The molecule has 1 atom stereocenters. The summed E-state index contributed by atoms with van der Waals surface area (Å²) < 4.78 is 0. The lowest BCUT2D eigenvalue weighted by Crippen LogP contribution is -2.34. The van der Waals surface area contributed by atoms with Gasteiger partial charge in [0.2, 0.25) is 0 Å². The van der Waals surface area contributed by atoms with Gasteiger partial charge in [-0.3, -0.25) is 0 Å².